The van der Waals surface area contributed by atoms with Crippen molar-refractivity contribution in [1.29, 1.82) is 0 Å². The quantitative estimate of drug-likeness (QED) is 0.879. The molecule has 3 rings (SSSR count). The van der Waals surface area contributed by atoms with Gasteiger partial charge in [0.05, 0.1) is 0 Å². The average molecular weight is 371 g/mol. The Morgan fingerprint density at radius 2 is 1.73 bits per heavy atom. The van der Waals surface area contributed by atoms with E-state index in [0.717, 1.165) is 25.1 Å². The molecule has 5 heteroatoms. The Morgan fingerprint density at radius 3 is 2.38 bits per heavy atom. The minimum atomic E-state index is -0.162. The molecule has 0 saturated carbocycles. The number of carbonyl (C=O) groups excluding carboxylic acids is 2. The fourth-order valence-electron chi connectivity index (χ4n) is 3.21. The van der Waals surface area contributed by atoms with Crippen molar-refractivity contribution >= 4 is 23.4 Å². The molecule has 2 amide bonds. The van der Waals surface area contributed by atoms with Crippen LogP contribution < -0.4 is 5.32 Å². The number of likely N-dealkylation sites (tertiary alicyclic amines) is 1. The number of carbonyl (C=O) groups is 2. The molecule has 2 aromatic carbocycles. The maximum absolute atomic E-state index is 12.6. The highest BCUT2D eigenvalue weighted by Gasteiger charge is 2.22. The van der Waals surface area contributed by atoms with Crippen LogP contribution in [0.3, 0.4) is 0 Å². The summed E-state index contributed by atoms with van der Waals surface area (Å²) in [6.07, 6.45) is 2.23. The minimum absolute atomic E-state index is 0.0460. The van der Waals surface area contributed by atoms with Crippen molar-refractivity contribution in [2.75, 3.05) is 13.1 Å². The van der Waals surface area contributed by atoms with E-state index < -0.39 is 0 Å². The molecule has 4 nitrogen and oxygen atoms in total. The highest BCUT2D eigenvalue weighted by atomic mass is 35.5. The number of halogens is 1. The Balaban J connectivity index is 1.58. The molecule has 26 heavy (non-hydrogen) atoms. The SMILES string of the molecule is CC1CCCN(C(=O)c2ccc(C(=O)NCc3ccc(Cl)cc3)cc2)C1. The van der Waals surface area contributed by atoms with Crippen molar-refractivity contribution < 1.29 is 9.59 Å². The largest absolute Gasteiger partial charge is 0.348 e. The fraction of sp³-hybridized carbons (Fsp3) is 0.333. The topological polar surface area (TPSA) is 49.4 Å². The molecule has 1 heterocycles. The van der Waals surface area contributed by atoms with Gasteiger partial charge in [0, 0.05) is 35.8 Å². The van der Waals surface area contributed by atoms with E-state index in [9.17, 15) is 9.59 Å². The second-order valence-electron chi connectivity index (χ2n) is 6.89. The maximum atomic E-state index is 12.6. The van der Waals surface area contributed by atoms with Crippen LogP contribution in [-0.4, -0.2) is 29.8 Å². The predicted molar refractivity (Wildman–Crippen MR) is 103 cm³/mol. The van der Waals surface area contributed by atoms with Gasteiger partial charge in [-0.3, -0.25) is 9.59 Å². The summed E-state index contributed by atoms with van der Waals surface area (Å²) in [6, 6.07) is 14.2. The summed E-state index contributed by atoms with van der Waals surface area (Å²) in [5.41, 5.74) is 2.16. The molecule has 0 radical (unpaired) electrons. The lowest BCUT2D eigenvalue weighted by Gasteiger charge is -2.31. The number of piperidine rings is 1. The summed E-state index contributed by atoms with van der Waals surface area (Å²) in [6.45, 7) is 4.23. The van der Waals surface area contributed by atoms with Crippen LogP contribution in [0.25, 0.3) is 0 Å². The van der Waals surface area contributed by atoms with E-state index >= 15 is 0 Å². The van der Waals surface area contributed by atoms with E-state index in [0.29, 0.717) is 28.6 Å². The van der Waals surface area contributed by atoms with Crippen molar-refractivity contribution in [2.45, 2.75) is 26.3 Å². The van der Waals surface area contributed by atoms with Crippen LogP contribution in [0.2, 0.25) is 5.02 Å². The Labute approximate surface area is 159 Å². The summed E-state index contributed by atoms with van der Waals surface area (Å²) in [4.78, 5) is 26.8. The zero-order chi connectivity index (χ0) is 18.5. The van der Waals surface area contributed by atoms with Crippen molar-refractivity contribution in [1.82, 2.24) is 10.2 Å². The van der Waals surface area contributed by atoms with Gasteiger partial charge in [-0.2, -0.15) is 0 Å². The molecule has 1 N–H and O–H groups in total. The van der Waals surface area contributed by atoms with E-state index in [2.05, 4.69) is 12.2 Å². The molecule has 1 atom stereocenters. The van der Waals surface area contributed by atoms with Crippen LogP contribution in [0.15, 0.2) is 48.5 Å². The maximum Gasteiger partial charge on any atom is 0.253 e. The third-order valence-electron chi connectivity index (χ3n) is 4.70. The van der Waals surface area contributed by atoms with E-state index in [1.807, 2.05) is 17.0 Å². The number of nitrogens with zero attached hydrogens (tertiary/aromatic N) is 1. The molecular formula is C21H23ClN2O2. The van der Waals surface area contributed by atoms with Crippen molar-refractivity contribution in [2.24, 2.45) is 5.92 Å². The second kappa shape index (κ2) is 8.37. The van der Waals surface area contributed by atoms with E-state index in [4.69, 9.17) is 11.6 Å². The molecule has 1 aliphatic rings. The minimum Gasteiger partial charge on any atom is -0.348 e. The van der Waals surface area contributed by atoms with Crippen LogP contribution >= 0.6 is 11.6 Å². The molecule has 0 spiro atoms. The van der Waals surface area contributed by atoms with Crippen molar-refractivity contribution in [3.05, 3.63) is 70.2 Å². The molecule has 0 aliphatic carbocycles. The second-order valence-corrected chi connectivity index (χ2v) is 7.32. The van der Waals surface area contributed by atoms with Gasteiger partial charge >= 0.3 is 0 Å². The molecule has 1 aliphatic heterocycles. The molecule has 0 aromatic heterocycles. The number of hydrogen-bond acceptors (Lipinski definition) is 2. The molecule has 1 saturated heterocycles. The first kappa shape index (κ1) is 18.5. The molecule has 1 fully saturated rings. The van der Waals surface area contributed by atoms with Gasteiger partial charge < -0.3 is 10.2 Å². The van der Waals surface area contributed by atoms with Gasteiger partial charge in [0.25, 0.3) is 11.8 Å². The number of benzene rings is 2. The monoisotopic (exact) mass is 370 g/mol. The highest BCUT2D eigenvalue weighted by molar-refractivity contribution is 6.30. The van der Waals surface area contributed by atoms with Gasteiger partial charge in [-0.25, -0.2) is 0 Å². The number of amides is 2. The van der Waals surface area contributed by atoms with Crippen LogP contribution in [-0.2, 0) is 6.54 Å². The predicted octanol–water partition coefficient (Wildman–Crippen LogP) is 4.14. The number of rotatable bonds is 4. The average Bonchev–Trinajstić information content (AvgIpc) is 2.67. The summed E-state index contributed by atoms with van der Waals surface area (Å²) < 4.78 is 0. The lowest BCUT2D eigenvalue weighted by atomic mass is 9.99. The Hall–Kier alpha value is -2.33. The standard InChI is InChI=1S/C21H23ClN2O2/c1-15-3-2-12-24(14-15)21(26)18-8-6-17(7-9-18)20(25)23-13-16-4-10-19(22)11-5-16/h4-11,15H,2-3,12-14H2,1H3,(H,23,25). The normalized spacial score (nSPS) is 17.0. The van der Waals surface area contributed by atoms with Gasteiger partial charge in [-0.1, -0.05) is 30.7 Å². The van der Waals surface area contributed by atoms with Crippen molar-refractivity contribution in [3.8, 4) is 0 Å². The van der Waals surface area contributed by atoms with E-state index in [1.165, 1.54) is 6.42 Å². The first-order valence-corrected chi connectivity index (χ1v) is 9.32. The zero-order valence-electron chi connectivity index (χ0n) is 14.9. The van der Waals surface area contributed by atoms with Gasteiger partial charge in [-0.15, -0.1) is 0 Å². The van der Waals surface area contributed by atoms with E-state index in [-0.39, 0.29) is 11.8 Å². The third-order valence-corrected chi connectivity index (χ3v) is 4.96. The third kappa shape index (κ3) is 4.64. The number of nitrogens with one attached hydrogen (secondary N) is 1. The smallest absolute Gasteiger partial charge is 0.253 e. The Kier molecular flexibility index (Phi) is 5.94. The van der Waals surface area contributed by atoms with Gasteiger partial charge in [0.1, 0.15) is 0 Å². The summed E-state index contributed by atoms with van der Waals surface area (Å²) in [5, 5.41) is 3.55. The lowest BCUT2D eigenvalue weighted by molar-refractivity contribution is 0.0682. The lowest BCUT2D eigenvalue weighted by Crippen LogP contribution is -2.39. The fourth-order valence-corrected chi connectivity index (χ4v) is 3.33. The molecule has 2 aromatic rings. The van der Waals surface area contributed by atoms with Gasteiger partial charge in [0.15, 0.2) is 0 Å². The Bertz CT molecular complexity index is 772. The summed E-state index contributed by atoms with van der Waals surface area (Å²) in [7, 11) is 0. The molecule has 1 unspecified atom stereocenters. The summed E-state index contributed by atoms with van der Waals surface area (Å²) >= 11 is 5.86. The first-order chi connectivity index (χ1) is 12.5. The van der Waals surface area contributed by atoms with Crippen LogP contribution in [0.4, 0.5) is 0 Å². The molecule has 0 bridgehead atoms. The highest BCUT2D eigenvalue weighted by Crippen LogP contribution is 2.18. The first-order valence-electron chi connectivity index (χ1n) is 8.95. The van der Waals surface area contributed by atoms with Crippen LogP contribution in [0.1, 0.15) is 46.0 Å². The molecular weight excluding hydrogens is 348 g/mol. The summed E-state index contributed by atoms with van der Waals surface area (Å²) in [5.74, 6) is 0.431. The van der Waals surface area contributed by atoms with Crippen LogP contribution in [0, 0.1) is 5.92 Å². The van der Waals surface area contributed by atoms with Crippen molar-refractivity contribution in [3.63, 3.8) is 0 Å². The number of hydrogen-bond donors (Lipinski definition) is 1. The zero-order valence-corrected chi connectivity index (χ0v) is 15.6. The molecule has 136 valence electrons. The van der Waals surface area contributed by atoms with E-state index in [1.54, 1.807) is 36.4 Å². The Morgan fingerprint density at radius 1 is 1.08 bits per heavy atom. The van der Waals surface area contributed by atoms with Crippen LogP contribution in [0.5, 0.6) is 0 Å². The van der Waals surface area contributed by atoms with Gasteiger partial charge in [0.2, 0.25) is 0 Å². The van der Waals surface area contributed by atoms with Gasteiger partial charge in [-0.05, 0) is 60.7 Å².